The number of hydrogen-bond donors (Lipinski definition) is 0. The molecular formula is C15H14Cl2N2O. The SMILES string of the molecule is CCN(C(=O)c1cc(Cl)ncc1Cl)c1cccc(C)c1. The van der Waals surface area contributed by atoms with E-state index in [2.05, 4.69) is 4.98 Å². The quantitative estimate of drug-likeness (QED) is 0.789. The van der Waals surface area contributed by atoms with Gasteiger partial charge in [-0.05, 0) is 37.6 Å². The molecule has 1 heterocycles. The largest absolute Gasteiger partial charge is 0.309 e. The molecule has 1 aromatic heterocycles. The van der Waals surface area contributed by atoms with Crippen molar-refractivity contribution in [1.82, 2.24) is 4.98 Å². The first-order valence-electron chi connectivity index (χ1n) is 6.22. The first kappa shape index (κ1) is 14.8. The number of amides is 1. The molecule has 0 spiro atoms. The number of aromatic nitrogens is 1. The minimum Gasteiger partial charge on any atom is -0.309 e. The second-order valence-corrected chi connectivity index (χ2v) is 5.17. The van der Waals surface area contributed by atoms with Gasteiger partial charge in [0.1, 0.15) is 5.15 Å². The lowest BCUT2D eigenvalue weighted by Crippen LogP contribution is -2.31. The topological polar surface area (TPSA) is 33.2 Å². The first-order chi connectivity index (χ1) is 9.52. The van der Waals surface area contributed by atoms with Gasteiger partial charge in [-0.3, -0.25) is 4.79 Å². The molecular weight excluding hydrogens is 295 g/mol. The maximum absolute atomic E-state index is 12.6. The van der Waals surface area contributed by atoms with Crippen LogP contribution in [0.1, 0.15) is 22.8 Å². The van der Waals surface area contributed by atoms with Crippen LogP contribution in [0.2, 0.25) is 10.2 Å². The van der Waals surface area contributed by atoms with E-state index in [1.807, 2.05) is 38.1 Å². The van der Waals surface area contributed by atoms with Crippen LogP contribution in [0.3, 0.4) is 0 Å². The van der Waals surface area contributed by atoms with Crippen LogP contribution < -0.4 is 4.90 Å². The van der Waals surface area contributed by atoms with E-state index >= 15 is 0 Å². The minimum atomic E-state index is -0.188. The van der Waals surface area contributed by atoms with Gasteiger partial charge in [0.15, 0.2) is 0 Å². The Morgan fingerprint density at radius 2 is 2.05 bits per heavy atom. The zero-order valence-corrected chi connectivity index (χ0v) is 12.7. The zero-order valence-electron chi connectivity index (χ0n) is 11.2. The highest BCUT2D eigenvalue weighted by Crippen LogP contribution is 2.23. The van der Waals surface area contributed by atoms with Crippen molar-refractivity contribution >= 4 is 34.8 Å². The van der Waals surface area contributed by atoms with Crippen LogP contribution in [0.4, 0.5) is 5.69 Å². The zero-order chi connectivity index (χ0) is 14.7. The number of aryl methyl sites for hydroxylation is 1. The van der Waals surface area contributed by atoms with E-state index in [4.69, 9.17) is 23.2 Å². The minimum absolute atomic E-state index is 0.188. The van der Waals surface area contributed by atoms with Gasteiger partial charge in [0, 0.05) is 18.4 Å². The molecule has 5 heteroatoms. The summed E-state index contributed by atoms with van der Waals surface area (Å²) in [6.07, 6.45) is 1.39. The fourth-order valence-electron chi connectivity index (χ4n) is 1.96. The molecule has 0 bridgehead atoms. The number of rotatable bonds is 3. The average molecular weight is 309 g/mol. The molecule has 2 aromatic rings. The van der Waals surface area contributed by atoms with Crippen molar-refractivity contribution in [2.75, 3.05) is 11.4 Å². The average Bonchev–Trinajstić information content (AvgIpc) is 2.42. The lowest BCUT2D eigenvalue weighted by atomic mass is 10.1. The molecule has 3 nitrogen and oxygen atoms in total. The van der Waals surface area contributed by atoms with E-state index in [0.717, 1.165) is 11.3 Å². The Balaban J connectivity index is 2.41. The molecule has 0 fully saturated rings. The summed E-state index contributed by atoms with van der Waals surface area (Å²) in [5, 5.41) is 0.545. The fraction of sp³-hybridized carbons (Fsp3) is 0.200. The Kier molecular flexibility index (Phi) is 4.63. The Morgan fingerprint density at radius 3 is 2.70 bits per heavy atom. The van der Waals surface area contributed by atoms with Gasteiger partial charge in [-0.25, -0.2) is 4.98 Å². The summed E-state index contributed by atoms with van der Waals surface area (Å²) in [6.45, 7) is 4.44. The van der Waals surface area contributed by atoms with Crippen molar-refractivity contribution in [2.45, 2.75) is 13.8 Å². The van der Waals surface area contributed by atoms with E-state index < -0.39 is 0 Å². The maximum atomic E-state index is 12.6. The normalized spacial score (nSPS) is 10.4. The van der Waals surface area contributed by atoms with E-state index in [-0.39, 0.29) is 11.1 Å². The number of carbonyl (C=O) groups is 1. The predicted molar refractivity (Wildman–Crippen MR) is 82.8 cm³/mol. The van der Waals surface area contributed by atoms with E-state index in [0.29, 0.717) is 17.1 Å². The summed E-state index contributed by atoms with van der Waals surface area (Å²) < 4.78 is 0. The number of hydrogen-bond acceptors (Lipinski definition) is 2. The maximum Gasteiger partial charge on any atom is 0.259 e. The van der Waals surface area contributed by atoms with Crippen LogP contribution in [0.5, 0.6) is 0 Å². The number of anilines is 1. The van der Waals surface area contributed by atoms with Crippen molar-refractivity contribution in [2.24, 2.45) is 0 Å². The molecule has 20 heavy (non-hydrogen) atoms. The lowest BCUT2D eigenvalue weighted by molar-refractivity contribution is 0.0988. The molecule has 104 valence electrons. The molecule has 2 rings (SSSR count). The molecule has 0 aliphatic rings. The smallest absolute Gasteiger partial charge is 0.259 e. The van der Waals surface area contributed by atoms with Crippen LogP contribution in [-0.2, 0) is 0 Å². The Labute approximate surface area is 128 Å². The van der Waals surface area contributed by atoms with Crippen LogP contribution in [0.15, 0.2) is 36.5 Å². The summed E-state index contributed by atoms with van der Waals surface area (Å²) in [7, 11) is 0. The summed E-state index contributed by atoms with van der Waals surface area (Å²) in [5.74, 6) is -0.188. The second-order valence-electron chi connectivity index (χ2n) is 4.38. The third-order valence-electron chi connectivity index (χ3n) is 2.93. The molecule has 1 aromatic carbocycles. The molecule has 0 N–H and O–H groups in total. The summed E-state index contributed by atoms with van der Waals surface area (Å²) in [5.41, 5.74) is 2.28. The Bertz CT molecular complexity index is 644. The number of carbonyl (C=O) groups excluding carboxylic acids is 1. The molecule has 0 atom stereocenters. The van der Waals surface area contributed by atoms with Crippen molar-refractivity contribution in [3.8, 4) is 0 Å². The predicted octanol–water partition coefficient (Wildman–Crippen LogP) is 4.36. The fourth-order valence-corrected chi connectivity index (χ4v) is 2.30. The summed E-state index contributed by atoms with van der Waals surface area (Å²) in [6, 6.07) is 9.24. The van der Waals surface area contributed by atoms with E-state index in [9.17, 15) is 4.79 Å². The van der Waals surface area contributed by atoms with Crippen molar-refractivity contribution in [3.63, 3.8) is 0 Å². The van der Waals surface area contributed by atoms with Crippen LogP contribution in [0, 0.1) is 6.92 Å². The highest BCUT2D eigenvalue weighted by Gasteiger charge is 2.19. The molecule has 1 amide bonds. The molecule has 0 radical (unpaired) electrons. The summed E-state index contributed by atoms with van der Waals surface area (Å²) >= 11 is 11.9. The van der Waals surface area contributed by atoms with Gasteiger partial charge in [0.2, 0.25) is 0 Å². The van der Waals surface area contributed by atoms with E-state index in [1.165, 1.54) is 12.3 Å². The van der Waals surface area contributed by atoms with Gasteiger partial charge in [0.05, 0.1) is 10.6 Å². The lowest BCUT2D eigenvalue weighted by Gasteiger charge is -2.22. The number of halogens is 2. The second kappa shape index (κ2) is 6.25. The molecule has 0 saturated carbocycles. The monoisotopic (exact) mass is 308 g/mol. The van der Waals surface area contributed by atoms with E-state index in [1.54, 1.807) is 4.90 Å². The Morgan fingerprint density at radius 1 is 1.30 bits per heavy atom. The highest BCUT2D eigenvalue weighted by molar-refractivity contribution is 6.35. The molecule has 0 aliphatic carbocycles. The standard InChI is InChI=1S/C15H14Cl2N2O/c1-3-19(11-6-4-5-10(2)7-11)15(20)12-8-14(17)18-9-13(12)16/h4-9H,3H2,1-2H3. The van der Waals surface area contributed by atoms with Crippen molar-refractivity contribution in [1.29, 1.82) is 0 Å². The van der Waals surface area contributed by atoms with Crippen LogP contribution >= 0.6 is 23.2 Å². The summed E-state index contributed by atoms with van der Waals surface area (Å²) in [4.78, 5) is 18.1. The number of pyridine rings is 1. The van der Waals surface area contributed by atoms with Gasteiger partial charge >= 0.3 is 0 Å². The number of benzene rings is 1. The van der Waals surface area contributed by atoms with Gasteiger partial charge in [0.25, 0.3) is 5.91 Å². The van der Waals surface area contributed by atoms with Gasteiger partial charge in [-0.15, -0.1) is 0 Å². The van der Waals surface area contributed by atoms with Gasteiger partial charge in [-0.1, -0.05) is 35.3 Å². The van der Waals surface area contributed by atoms with Crippen LogP contribution in [-0.4, -0.2) is 17.4 Å². The van der Waals surface area contributed by atoms with Gasteiger partial charge in [-0.2, -0.15) is 0 Å². The molecule has 0 saturated heterocycles. The Hall–Kier alpha value is -1.58. The van der Waals surface area contributed by atoms with Gasteiger partial charge < -0.3 is 4.90 Å². The highest BCUT2D eigenvalue weighted by atomic mass is 35.5. The first-order valence-corrected chi connectivity index (χ1v) is 6.98. The third-order valence-corrected chi connectivity index (χ3v) is 3.43. The van der Waals surface area contributed by atoms with Crippen molar-refractivity contribution < 1.29 is 4.79 Å². The molecule has 0 unspecified atom stereocenters. The number of nitrogens with zero attached hydrogens (tertiary/aromatic N) is 2. The molecule has 0 aliphatic heterocycles. The third kappa shape index (κ3) is 3.11. The van der Waals surface area contributed by atoms with Crippen molar-refractivity contribution in [3.05, 3.63) is 57.8 Å². The van der Waals surface area contributed by atoms with Crippen LogP contribution in [0.25, 0.3) is 0 Å².